The summed E-state index contributed by atoms with van der Waals surface area (Å²) in [6, 6.07) is 2.21. The van der Waals surface area contributed by atoms with Crippen molar-refractivity contribution in [2.24, 2.45) is 5.73 Å². The lowest BCUT2D eigenvalue weighted by molar-refractivity contribution is -0.119. The highest BCUT2D eigenvalue weighted by atomic mass is 32.2. The molecule has 0 aliphatic carbocycles. The van der Waals surface area contributed by atoms with Crippen molar-refractivity contribution in [2.45, 2.75) is 37.6 Å². The summed E-state index contributed by atoms with van der Waals surface area (Å²) in [6.45, 7) is 4.46. The molecule has 1 amide bonds. The zero-order valence-electron chi connectivity index (χ0n) is 11.5. The number of anilines is 1. The predicted molar refractivity (Wildman–Crippen MR) is 73.8 cm³/mol. The minimum atomic E-state index is -3.93. The normalized spacial score (nSPS) is 12.4. The second-order valence-corrected chi connectivity index (χ2v) is 6.96. The van der Waals surface area contributed by atoms with Gasteiger partial charge in [0.1, 0.15) is 5.82 Å². The van der Waals surface area contributed by atoms with Gasteiger partial charge in [-0.1, -0.05) is 0 Å². The molecule has 0 unspecified atom stereocenters. The summed E-state index contributed by atoms with van der Waals surface area (Å²) in [5, 5.41) is 0. The van der Waals surface area contributed by atoms with Crippen LogP contribution >= 0.6 is 0 Å². The molecule has 1 rings (SSSR count). The molecule has 0 bridgehead atoms. The van der Waals surface area contributed by atoms with Gasteiger partial charge in [-0.05, 0) is 38.5 Å². The van der Waals surface area contributed by atoms with Crippen LogP contribution in [0.25, 0.3) is 0 Å². The van der Waals surface area contributed by atoms with Crippen LogP contribution in [0, 0.1) is 12.7 Å². The molecule has 5 N–H and O–H groups in total. The average Bonchev–Trinajstić information content (AvgIpc) is 2.21. The van der Waals surface area contributed by atoms with Crippen LogP contribution < -0.4 is 16.2 Å². The summed E-state index contributed by atoms with van der Waals surface area (Å²) in [5.41, 5.74) is 9.30. The first-order valence-corrected chi connectivity index (χ1v) is 7.31. The number of nitrogen functional groups attached to an aromatic ring is 1. The number of nitrogens with two attached hydrogens (primary N) is 2. The maximum absolute atomic E-state index is 13.4. The molecule has 0 aliphatic heterocycles. The first-order valence-electron chi connectivity index (χ1n) is 5.82. The number of carbonyl (C=O) groups excluding carboxylic acids is 1. The molecule has 0 fully saturated rings. The lowest BCUT2D eigenvalue weighted by Crippen LogP contribution is -2.45. The van der Waals surface area contributed by atoms with Gasteiger partial charge >= 0.3 is 0 Å². The third-order valence-electron chi connectivity index (χ3n) is 2.59. The molecule has 112 valence electrons. The van der Waals surface area contributed by atoms with Crippen molar-refractivity contribution in [3.63, 3.8) is 0 Å². The van der Waals surface area contributed by atoms with E-state index in [1.807, 2.05) is 0 Å². The Morgan fingerprint density at radius 3 is 2.40 bits per heavy atom. The van der Waals surface area contributed by atoms with E-state index in [4.69, 9.17) is 11.5 Å². The molecule has 0 aliphatic rings. The molecule has 0 spiro atoms. The molecule has 6 nitrogen and oxygen atoms in total. The fraction of sp³-hybridized carbons (Fsp3) is 0.417. The summed E-state index contributed by atoms with van der Waals surface area (Å²) in [6.07, 6.45) is -0.165. The maximum atomic E-state index is 13.4. The molecule has 0 radical (unpaired) electrons. The number of benzene rings is 1. The van der Waals surface area contributed by atoms with E-state index in [1.165, 1.54) is 26.8 Å². The van der Waals surface area contributed by atoms with Crippen molar-refractivity contribution in [1.29, 1.82) is 0 Å². The number of rotatable bonds is 5. The summed E-state index contributed by atoms with van der Waals surface area (Å²) in [5.74, 6) is -1.28. The maximum Gasteiger partial charge on any atom is 0.241 e. The third-order valence-corrected chi connectivity index (χ3v) is 4.27. The van der Waals surface area contributed by atoms with E-state index in [1.54, 1.807) is 0 Å². The Balaban J connectivity index is 3.15. The van der Waals surface area contributed by atoms with Crippen LogP contribution in [0.4, 0.5) is 10.1 Å². The number of carbonyl (C=O) groups is 1. The Bertz CT molecular complexity index is 618. The van der Waals surface area contributed by atoms with E-state index in [0.29, 0.717) is 0 Å². The second-order valence-electron chi connectivity index (χ2n) is 5.28. The monoisotopic (exact) mass is 303 g/mol. The van der Waals surface area contributed by atoms with Crippen LogP contribution in [0.15, 0.2) is 17.0 Å². The van der Waals surface area contributed by atoms with Crippen molar-refractivity contribution < 1.29 is 17.6 Å². The van der Waals surface area contributed by atoms with Crippen molar-refractivity contribution >= 4 is 21.6 Å². The summed E-state index contributed by atoms with van der Waals surface area (Å²) >= 11 is 0. The fourth-order valence-electron chi connectivity index (χ4n) is 1.81. The Morgan fingerprint density at radius 1 is 1.40 bits per heavy atom. The van der Waals surface area contributed by atoms with Crippen molar-refractivity contribution in [2.75, 3.05) is 5.73 Å². The van der Waals surface area contributed by atoms with Crippen LogP contribution in [-0.4, -0.2) is 19.9 Å². The van der Waals surface area contributed by atoms with Gasteiger partial charge < -0.3 is 11.5 Å². The molecule has 8 heteroatoms. The van der Waals surface area contributed by atoms with E-state index >= 15 is 0 Å². The van der Waals surface area contributed by atoms with E-state index in [0.717, 1.165) is 6.07 Å². The highest BCUT2D eigenvalue weighted by molar-refractivity contribution is 7.89. The highest BCUT2D eigenvalue weighted by Crippen LogP contribution is 2.22. The predicted octanol–water partition coefficient (Wildman–Crippen LogP) is 0.649. The molecule has 0 heterocycles. The standard InChI is InChI=1S/C12H18FN3O3S/c1-7-4-8(5-9(14)11(7)13)20(18,19)16-12(2,3)6-10(15)17/h4-5,16H,6,14H2,1-3H3,(H2,15,17). The van der Waals surface area contributed by atoms with Crippen LogP contribution in [0.3, 0.4) is 0 Å². The number of hydrogen-bond acceptors (Lipinski definition) is 4. The molecule has 20 heavy (non-hydrogen) atoms. The number of halogens is 1. The number of aryl methyl sites for hydroxylation is 1. The first-order chi connectivity index (χ1) is 8.94. The fourth-order valence-corrected chi connectivity index (χ4v) is 3.34. The first kappa shape index (κ1) is 16.4. The smallest absolute Gasteiger partial charge is 0.241 e. The molecule has 1 aromatic carbocycles. The third kappa shape index (κ3) is 3.91. The van der Waals surface area contributed by atoms with Gasteiger partial charge in [0.25, 0.3) is 0 Å². The van der Waals surface area contributed by atoms with Gasteiger partial charge in [-0.2, -0.15) is 0 Å². The topological polar surface area (TPSA) is 115 Å². The molecular formula is C12H18FN3O3S. The Hall–Kier alpha value is -1.67. The Labute approximate surface area is 117 Å². The largest absolute Gasteiger partial charge is 0.396 e. The van der Waals surface area contributed by atoms with E-state index in [9.17, 15) is 17.6 Å². The molecule has 1 aromatic rings. The van der Waals surface area contributed by atoms with E-state index in [-0.39, 0.29) is 22.6 Å². The quantitative estimate of drug-likeness (QED) is 0.692. The van der Waals surface area contributed by atoms with Crippen molar-refractivity contribution in [3.05, 3.63) is 23.5 Å². The SMILES string of the molecule is Cc1cc(S(=O)(=O)NC(C)(C)CC(N)=O)cc(N)c1F. The van der Waals surface area contributed by atoms with E-state index in [2.05, 4.69) is 4.72 Å². The number of amides is 1. The van der Waals surface area contributed by atoms with Crippen LogP contribution in [0.1, 0.15) is 25.8 Å². The van der Waals surface area contributed by atoms with Gasteiger partial charge in [0.15, 0.2) is 0 Å². The number of primary amides is 1. The van der Waals surface area contributed by atoms with Gasteiger partial charge in [0, 0.05) is 12.0 Å². The average molecular weight is 303 g/mol. The van der Waals surface area contributed by atoms with Gasteiger partial charge in [-0.3, -0.25) is 4.79 Å². The summed E-state index contributed by atoms with van der Waals surface area (Å²) in [4.78, 5) is 10.7. The van der Waals surface area contributed by atoms with Gasteiger partial charge in [0.2, 0.25) is 15.9 Å². The molecule has 0 atom stereocenters. The van der Waals surface area contributed by atoms with E-state index < -0.39 is 27.3 Å². The summed E-state index contributed by atoms with van der Waals surface area (Å²) < 4.78 is 40.2. The lowest BCUT2D eigenvalue weighted by atomic mass is 10.0. The number of nitrogens with one attached hydrogen (secondary N) is 1. The highest BCUT2D eigenvalue weighted by Gasteiger charge is 2.28. The zero-order valence-corrected chi connectivity index (χ0v) is 12.3. The van der Waals surface area contributed by atoms with Gasteiger partial charge in [-0.15, -0.1) is 0 Å². The van der Waals surface area contributed by atoms with Crippen molar-refractivity contribution in [1.82, 2.24) is 4.72 Å². The zero-order chi connectivity index (χ0) is 15.7. The summed E-state index contributed by atoms with van der Waals surface area (Å²) in [7, 11) is -3.93. The molecule has 0 saturated carbocycles. The van der Waals surface area contributed by atoms with Crippen LogP contribution in [-0.2, 0) is 14.8 Å². The minimum absolute atomic E-state index is 0.123. The van der Waals surface area contributed by atoms with Crippen molar-refractivity contribution in [3.8, 4) is 0 Å². The second kappa shape index (κ2) is 5.37. The molecule has 0 aromatic heterocycles. The van der Waals surface area contributed by atoms with Gasteiger partial charge in [-0.25, -0.2) is 17.5 Å². The number of sulfonamides is 1. The Kier molecular flexibility index (Phi) is 4.40. The Morgan fingerprint density at radius 2 is 1.95 bits per heavy atom. The molecular weight excluding hydrogens is 285 g/mol. The van der Waals surface area contributed by atoms with Crippen LogP contribution in [0.5, 0.6) is 0 Å². The molecule has 0 saturated heterocycles. The lowest BCUT2D eigenvalue weighted by Gasteiger charge is -2.24. The van der Waals surface area contributed by atoms with Gasteiger partial charge in [0.05, 0.1) is 10.6 Å². The minimum Gasteiger partial charge on any atom is -0.396 e. The number of hydrogen-bond donors (Lipinski definition) is 3. The van der Waals surface area contributed by atoms with Crippen LogP contribution in [0.2, 0.25) is 0 Å².